The van der Waals surface area contributed by atoms with Crippen molar-refractivity contribution >= 4 is 17.3 Å². The number of nitrogens with one attached hydrogen (secondary N) is 1. The average molecular weight is 298 g/mol. The minimum atomic E-state index is -1.49. The number of carboxylic acids is 1. The Bertz CT molecular complexity index is 578. The number of rotatable bonds is 5. The second kappa shape index (κ2) is 6.04. The van der Waals surface area contributed by atoms with Gasteiger partial charge in [0.05, 0.1) is 16.7 Å². The topological polar surface area (TPSA) is 113 Å². The van der Waals surface area contributed by atoms with Crippen LogP contribution in [0, 0.1) is 21.8 Å². The van der Waals surface area contributed by atoms with Crippen molar-refractivity contribution in [1.29, 1.82) is 0 Å². The van der Waals surface area contributed by atoms with Crippen LogP contribution in [-0.4, -0.2) is 33.8 Å². The van der Waals surface area contributed by atoms with Crippen molar-refractivity contribution < 1.29 is 24.3 Å². The summed E-state index contributed by atoms with van der Waals surface area (Å²) in [4.78, 5) is 20.9. The Kier molecular flexibility index (Phi) is 4.37. The number of carboxylic acid groups (broad SMARTS) is 1. The number of aliphatic hydroxyl groups excluding tert-OH is 1. The lowest BCUT2D eigenvalue weighted by Crippen LogP contribution is -2.27. The smallest absolute Gasteiger partial charge is 0.342 e. The Morgan fingerprint density at radius 1 is 1.48 bits per heavy atom. The minimum Gasteiger partial charge on any atom is -0.477 e. The summed E-state index contributed by atoms with van der Waals surface area (Å²) in [6, 6.07) is 1.37. The second-order valence-electron chi connectivity index (χ2n) is 5.04. The highest BCUT2D eigenvalue weighted by molar-refractivity contribution is 5.93. The van der Waals surface area contributed by atoms with Gasteiger partial charge in [0.2, 0.25) is 0 Å². The molecule has 2 atom stereocenters. The summed E-state index contributed by atoms with van der Waals surface area (Å²) in [7, 11) is 0. The molecule has 1 saturated carbocycles. The lowest BCUT2D eigenvalue weighted by Gasteiger charge is -2.20. The van der Waals surface area contributed by atoms with Crippen LogP contribution in [0.15, 0.2) is 12.1 Å². The number of anilines is 1. The zero-order chi connectivity index (χ0) is 15.6. The Morgan fingerprint density at radius 2 is 2.19 bits per heavy atom. The van der Waals surface area contributed by atoms with E-state index in [2.05, 4.69) is 5.32 Å². The van der Waals surface area contributed by atoms with Crippen molar-refractivity contribution in [3.63, 3.8) is 0 Å². The van der Waals surface area contributed by atoms with Gasteiger partial charge in [-0.3, -0.25) is 10.1 Å². The van der Waals surface area contributed by atoms with Gasteiger partial charge in [-0.2, -0.15) is 0 Å². The van der Waals surface area contributed by atoms with E-state index in [0.29, 0.717) is 6.07 Å². The number of hydrogen-bond donors (Lipinski definition) is 3. The van der Waals surface area contributed by atoms with Crippen LogP contribution in [0.4, 0.5) is 15.8 Å². The van der Waals surface area contributed by atoms with E-state index in [9.17, 15) is 24.4 Å². The molecule has 1 aliphatic rings. The lowest BCUT2D eigenvalue weighted by molar-refractivity contribution is -0.385. The number of aliphatic hydroxyl groups is 1. The summed E-state index contributed by atoms with van der Waals surface area (Å²) < 4.78 is 13.9. The molecule has 0 bridgehead atoms. The van der Waals surface area contributed by atoms with Gasteiger partial charge in [0.25, 0.3) is 5.69 Å². The van der Waals surface area contributed by atoms with E-state index in [1.165, 1.54) is 0 Å². The highest BCUT2D eigenvalue weighted by Crippen LogP contribution is 2.31. The molecule has 0 aliphatic heterocycles. The van der Waals surface area contributed by atoms with Gasteiger partial charge in [-0.25, -0.2) is 9.18 Å². The van der Waals surface area contributed by atoms with Crippen molar-refractivity contribution in [3.8, 4) is 0 Å². The van der Waals surface area contributed by atoms with Gasteiger partial charge >= 0.3 is 5.97 Å². The van der Waals surface area contributed by atoms with E-state index in [-0.39, 0.29) is 24.3 Å². The number of nitro benzene ring substituents is 1. The first-order chi connectivity index (χ1) is 9.93. The van der Waals surface area contributed by atoms with Gasteiger partial charge < -0.3 is 15.5 Å². The number of nitrogens with zero attached hydrogens (tertiary/aromatic N) is 1. The standard InChI is InChI=1S/C13H15FN2O5/c14-9-5-12(16(20)21)8(13(18)19)4-11(9)15-10-3-1-2-7(10)6-17/h4-5,7,10,15,17H,1-3,6H2,(H,18,19). The predicted molar refractivity (Wildman–Crippen MR) is 71.9 cm³/mol. The van der Waals surface area contributed by atoms with Crippen molar-refractivity contribution in [2.45, 2.75) is 25.3 Å². The first-order valence-corrected chi connectivity index (χ1v) is 6.52. The van der Waals surface area contributed by atoms with Crippen LogP contribution in [0.3, 0.4) is 0 Å². The van der Waals surface area contributed by atoms with Crippen LogP contribution in [-0.2, 0) is 0 Å². The molecule has 1 fully saturated rings. The SMILES string of the molecule is O=C(O)c1cc(NC2CCCC2CO)c(F)cc1[N+](=O)[O-]. The van der Waals surface area contributed by atoms with Gasteiger partial charge in [-0.15, -0.1) is 0 Å². The molecule has 0 heterocycles. The summed E-state index contributed by atoms with van der Waals surface area (Å²) in [6.45, 7) is -0.0436. The van der Waals surface area contributed by atoms with E-state index in [0.717, 1.165) is 25.3 Å². The summed E-state index contributed by atoms with van der Waals surface area (Å²) >= 11 is 0. The van der Waals surface area contributed by atoms with Crippen molar-refractivity contribution in [3.05, 3.63) is 33.6 Å². The number of nitro groups is 1. The molecule has 0 saturated heterocycles. The quantitative estimate of drug-likeness (QED) is 0.566. The van der Waals surface area contributed by atoms with Crippen LogP contribution in [0.2, 0.25) is 0 Å². The third kappa shape index (κ3) is 3.10. The fraction of sp³-hybridized carbons (Fsp3) is 0.462. The molecule has 0 amide bonds. The largest absolute Gasteiger partial charge is 0.477 e. The molecule has 1 aliphatic carbocycles. The van der Waals surface area contributed by atoms with E-state index < -0.39 is 28.0 Å². The fourth-order valence-electron chi connectivity index (χ4n) is 2.64. The molecule has 2 unspecified atom stereocenters. The van der Waals surface area contributed by atoms with Gasteiger partial charge in [-0.1, -0.05) is 6.42 Å². The summed E-state index contributed by atoms with van der Waals surface area (Å²) in [5, 5.41) is 31.8. The van der Waals surface area contributed by atoms with E-state index in [1.807, 2.05) is 0 Å². The van der Waals surface area contributed by atoms with Crippen LogP contribution in [0.5, 0.6) is 0 Å². The van der Waals surface area contributed by atoms with E-state index in [4.69, 9.17) is 5.11 Å². The monoisotopic (exact) mass is 298 g/mol. The van der Waals surface area contributed by atoms with Crippen LogP contribution in [0.1, 0.15) is 29.6 Å². The molecule has 1 aromatic carbocycles. The Hall–Kier alpha value is -2.22. The Balaban J connectivity index is 2.34. The third-order valence-corrected chi connectivity index (χ3v) is 3.75. The number of hydrogen-bond acceptors (Lipinski definition) is 5. The lowest BCUT2D eigenvalue weighted by atomic mass is 10.0. The number of carbonyl (C=O) groups is 1. The van der Waals surface area contributed by atoms with Gasteiger partial charge in [-0.05, 0) is 18.9 Å². The summed E-state index contributed by atoms with van der Waals surface area (Å²) in [5.41, 5.74) is -1.44. The van der Waals surface area contributed by atoms with Gasteiger partial charge in [0.1, 0.15) is 5.56 Å². The van der Waals surface area contributed by atoms with Crippen LogP contribution in [0.25, 0.3) is 0 Å². The molecule has 21 heavy (non-hydrogen) atoms. The predicted octanol–water partition coefficient (Wildman–Crippen LogP) is 2.00. The Labute approximate surface area is 119 Å². The average Bonchev–Trinajstić information content (AvgIpc) is 2.87. The molecule has 1 aromatic rings. The second-order valence-corrected chi connectivity index (χ2v) is 5.04. The normalized spacial score (nSPS) is 21.2. The maximum Gasteiger partial charge on any atom is 0.342 e. The van der Waals surface area contributed by atoms with Crippen LogP contribution >= 0.6 is 0 Å². The third-order valence-electron chi connectivity index (χ3n) is 3.75. The van der Waals surface area contributed by atoms with Crippen molar-refractivity contribution in [2.24, 2.45) is 5.92 Å². The first-order valence-electron chi connectivity index (χ1n) is 6.52. The van der Waals surface area contributed by atoms with Gasteiger partial charge in [0.15, 0.2) is 5.82 Å². The molecule has 114 valence electrons. The molecule has 3 N–H and O–H groups in total. The fourth-order valence-corrected chi connectivity index (χ4v) is 2.64. The summed E-state index contributed by atoms with van der Waals surface area (Å²) in [5.74, 6) is -2.40. The molecular weight excluding hydrogens is 283 g/mol. The van der Waals surface area contributed by atoms with Crippen molar-refractivity contribution in [2.75, 3.05) is 11.9 Å². The first kappa shape index (κ1) is 15.2. The molecule has 2 rings (SSSR count). The highest BCUT2D eigenvalue weighted by Gasteiger charge is 2.29. The molecular formula is C13H15FN2O5. The van der Waals surface area contributed by atoms with E-state index in [1.54, 1.807) is 0 Å². The number of halogens is 1. The molecule has 0 radical (unpaired) electrons. The Morgan fingerprint density at radius 3 is 2.76 bits per heavy atom. The van der Waals surface area contributed by atoms with Crippen LogP contribution < -0.4 is 5.32 Å². The maximum atomic E-state index is 13.9. The molecule has 8 heteroatoms. The van der Waals surface area contributed by atoms with Gasteiger partial charge in [0, 0.05) is 18.6 Å². The summed E-state index contributed by atoms with van der Waals surface area (Å²) in [6.07, 6.45) is 2.40. The number of aromatic carboxylic acids is 1. The number of benzene rings is 1. The molecule has 7 nitrogen and oxygen atoms in total. The maximum absolute atomic E-state index is 13.9. The zero-order valence-corrected chi connectivity index (χ0v) is 11.1. The zero-order valence-electron chi connectivity index (χ0n) is 11.1. The molecule has 0 aromatic heterocycles. The van der Waals surface area contributed by atoms with Crippen molar-refractivity contribution in [1.82, 2.24) is 0 Å². The van der Waals surface area contributed by atoms with E-state index >= 15 is 0 Å². The highest BCUT2D eigenvalue weighted by atomic mass is 19.1. The minimum absolute atomic E-state index is 0.0344. The molecule has 0 spiro atoms.